The number of nitro groups is 1. The Balaban J connectivity index is 2.90. The lowest BCUT2D eigenvalue weighted by Gasteiger charge is -2.21. The predicted molar refractivity (Wildman–Crippen MR) is 71.5 cm³/mol. The number of fused-ring (bicyclic) bond motifs is 1. The van der Waals surface area contributed by atoms with Gasteiger partial charge >= 0.3 is 0 Å². The van der Waals surface area contributed by atoms with Crippen LogP contribution in [-0.4, -0.2) is 9.91 Å². The van der Waals surface area contributed by atoms with E-state index in [1.807, 2.05) is 20.8 Å². The highest BCUT2D eigenvalue weighted by atomic mass is 19.1. The molecule has 100 valence electrons. The molecule has 0 amide bonds. The van der Waals surface area contributed by atoms with Crippen molar-refractivity contribution < 1.29 is 9.31 Å². The summed E-state index contributed by atoms with van der Waals surface area (Å²) in [7, 11) is 0. The standard InChI is InChI=1S/C13H14FN3O2/c1-13(2,3)8-6-7-10(17(18)19)5-4-9(14)11(7)16-12(8)15/h4-6H,1-3H3,(H2,15,16). The molecule has 5 nitrogen and oxygen atoms in total. The van der Waals surface area contributed by atoms with Crippen LogP contribution in [0, 0.1) is 15.9 Å². The SMILES string of the molecule is CC(C)(C)c1cc2c([N+](=O)[O-])ccc(F)c2nc1N. The van der Waals surface area contributed by atoms with Crippen molar-refractivity contribution in [1.82, 2.24) is 4.98 Å². The Bertz CT molecular complexity index is 678. The first kappa shape index (κ1) is 13.2. The van der Waals surface area contributed by atoms with E-state index in [1.54, 1.807) is 6.07 Å². The molecule has 1 heterocycles. The summed E-state index contributed by atoms with van der Waals surface area (Å²) in [6.07, 6.45) is 0. The van der Waals surface area contributed by atoms with Gasteiger partial charge in [-0.2, -0.15) is 0 Å². The van der Waals surface area contributed by atoms with E-state index < -0.39 is 10.7 Å². The van der Waals surface area contributed by atoms with Gasteiger partial charge in [0, 0.05) is 11.6 Å². The van der Waals surface area contributed by atoms with Gasteiger partial charge in [-0.1, -0.05) is 20.8 Å². The maximum absolute atomic E-state index is 13.7. The highest BCUT2D eigenvalue weighted by Gasteiger charge is 2.23. The van der Waals surface area contributed by atoms with Crippen molar-refractivity contribution in [2.45, 2.75) is 26.2 Å². The van der Waals surface area contributed by atoms with Crippen molar-refractivity contribution in [3.05, 3.63) is 39.7 Å². The maximum Gasteiger partial charge on any atom is 0.278 e. The summed E-state index contributed by atoms with van der Waals surface area (Å²) < 4.78 is 13.7. The van der Waals surface area contributed by atoms with E-state index in [2.05, 4.69) is 4.98 Å². The molecule has 2 aromatic rings. The Morgan fingerprint density at radius 3 is 2.53 bits per heavy atom. The minimum Gasteiger partial charge on any atom is -0.383 e. The molecular weight excluding hydrogens is 249 g/mol. The lowest BCUT2D eigenvalue weighted by molar-refractivity contribution is -0.383. The molecule has 0 fully saturated rings. The van der Waals surface area contributed by atoms with Crippen molar-refractivity contribution in [3.8, 4) is 0 Å². The third-order valence-corrected chi connectivity index (χ3v) is 2.95. The highest BCUT2D eigenvalue weighted by molar-refractivity contribution is 5.90. The molecule has 0 aliphatic heterocycles. The Morgan fingerprint density at radius 1 is 1.37 bits per heavy atom. The number of hydrogen-bond donors (Lipinski definition) is 1. The number of nitrogens with two attached hydrogens (primary N) is 1. The quantitative estimate of drug-likeness (QED) is 0.632. The molecule has 0 atom stereocenters. The molecule has 2 N–H and O–H groups in total. The number of benzene rings is 1. The summed E-state index contributed by atoms with van der Waals surface area (Å²) in [5.41, 5.74) is 5.91. The Hall–Kier alpha value is -2.24. The normalized spacial score (nSPS) is 11.8. The van der Waals surface area contributed by atoms with E-state index in [1.165, 1.54) is 0 Å². The minimum absolute atomic E-state index is 0.0697. The number of rotatable bonds is 1. The second kappa shape index (κ2) is 4.15. The Morgan fingerprint density at radius 2 is 2.00 bits per heavy atom. The number of non-ortho nitro benzene ring substituents is 1. The minimum atomic E-state index is -0.618. The molecule has 0 saturated carbocycles. The topological polar surface area (TPSA) is 82.0 Å². The molecule has 0 aliphatic carbocycles. The number of halogens is 1. The first-order valence-corrected chi connectivity index (χ1v) is 5.75. The molecule has 6 heteroatoms. The van der Waals surface area contributed by atoms with Crippen LogP contribution in [0.5, 0.6) is 0 Å². The van der Waals surface area contributed by atoms with Crippen LogP contribution in [0.1, 0.15) is 26.3 Å². The highest BCUT2D eigenvalue weighted by Crippen LogP contribution is 2.34. The molecule has 0 unspecified atom stereocenters. The second-order valence-corrected chi connectivity index (χ2v) is 5.39. The van der Waals surface area contributed by atoms with Crippen LogP contribution in [0.4, 0.5) is 15.9 Å². The van der Waals surface area contributed by atoms with Gasteiger partial charge in [0.15, 0.2) is 0 Å². The zero-order chi connectivity index (χ0) is 14.4. The monoisotopic (exact) mass is 263 g/mol. The molecule has 1 aromatic carbocycles. The summed E-state index contributed by atoms with van der Waals surface area (Å²) in [4.78, 5) is 14.4. The predicted octanol–water partition coefficient (Wildman–Crippen LogP) is 3.16. The lowest BCUT2D eigenvalue weighted by Crippen LogP contribution is -2.15. The number of pyridine rings is 1. The number of nitrogens with zero attached hydrogens (tertiary/aromatic N) is 2. The van der Waals surface area contributed by atoms with E-state index in [-0.39, 0.29) is 27.8 Å². The zero-order valence-electron chi connectivity index (χ0n) is 10.9. The fourth-order valence-electron chi connectivity index (χ4n) is 1.99. The van der Waals surface area contributed by atoms with Gasteiger partial charge in [-0.15, -0.1) is 0 Å². The van der Waals surface area contributed by atoms with Gasteiger partial charge < -0.3 is 5.73 Å². The number of hydrogen-bond acceptors (Lipinski definition) is 4. The van der Waals surface area contributed by atoms with Crippen LogP contribution in [0.2, 0.25) is 0 Å². The number of nitro benzene ring substituents is 1. The van der Waals surface area contributed by atoms with Crippen LogP contribution in [0.25, 0.3) is 10.9 Å². The van der Waals surface area contributed by atoms with E-state index in [9.17, 15) is 14.5 Å². The second-order valence-electron chi connectivity index (χ2n) is 5.39. The van der Waals surface area contributed by atoms with E-state index in [0.29, 0.717) is 5.56 Å². The van der Waals surface area contributed by atoms with Crippen LogP contribution in [0.3, 0.4) is 0 Å². The number of nitrogen functional groups attached to an aromatic ring is 1. The van der Waals surface area contributed by atoms with E-state index in [0.717, 1.165) is 12.1 Å². The summed E-state index contributed by atoms with van der Waals surface area (Å²) >= 11 is 0. The van der Waals surface area contributed by atoms with Crippen LogP contribution in [-0.2, 0) is 5.41 Å². The van der Waals surface area contributed by atoms with Crippen molar-refractivity contribution in [3.63, 3.8) is 0 Å². The van der Waals surface area contributed by atoms with Crippen molar-refractivity contribution >= 4 is 22.4 Å². The van der Waals surface area contributed by atoms with Gasteiger partial charge in [0.25, 0.3) is 5.69 Å². The average Bonchev–Trinajstić information content (AvgIpc) is 2.27. The number of aromatic nitrogens is 1. The maximum atomic E-state index is 13.7. The third-order valence-electron chi connectivity index (χ3n) is 2.95. The van der Waals surface area contributed by atoms with Gasteiger partial charge in [-0.05, 0) is 17.5 Å². The average molecular weight is 263 g/mol. The molecule has 0 spiro atoms. The van der Waals surface area contributed by atoms with Crippen LogP contribution < -0.4 is 5.73 Å². The fourth-order valence-corrected chi connectivity index (χ4v) is 1.99. The zero-order valence-corrected chi connectivity index (χ0v) is 10.9. The van der Waals surface area contributed by atoms with Gasteiger partial charge in [-0.3, -0.25) is 10.1 Å². The molecule has 2 rings (SSSR count). The van der Waals surface area contributed by atoms with Crippen molar-refractivity contribution in [2.24, 2.45) is 0 Å². The Labute approximate surface area is 109 Å². The van der Waals surface area contributed by atoms with Gasteiger partial charge in [-0.25, -0.2) is 9.37 Å². The first-order chi connectivity index (χ1) is 8.71. The molecular formula is C13H14FN3O2. The molecule has 19 heavy (non-hydrogen) atoms. The van der Waals surface area contributed by atoms with Crippen LogP contribution >= 0.6 is 0 Å². The molecule has 0 saturated heterocycles. The summed E-state index contributed by atoms with van der Waals surface area (Å²) in [5.74, 6) is -0.424. The molecule has 0 bridgehead atoms. The van der Waals surface area contributed by atoms with E-state index in [4.69, 9.17) is 5.73 Å². The van der Waals surface area contributed by atoms with Crippen LogP contribution in [0.15, 0.2) is 18.2 Å². The van der Waals surface area contributed by atoms with Gasteiger partial charge in [0.1, 0.15) is 17.2 Å². The molecule has 0 radical (unpaired) electrons. The largest absolute Gasteiger partial charge is 0.383 e. The van der Waals surface area contributed by atoms with E-state index >= 15 is 0 Å². The van der Waals surface area contributed by atoms with Gasteiger partial charge in [0.2, 0.25) is 0 Å². The molecule has 1 aromatic heterocycles. The van der Waals surface area contributed by atoms with Crippen molar-refractivity contribution in [1.29, 1.82) is 0 Å². The number of anilines is 1. The third kappa shape index (κ3) is 2.21. The lowest BCUT2D eigenvalue weighted by atomic mass is 9.86. The molecule has 0 aliphatic rings. The summed E-state index contributed by atoms with van der Waals surface area (Å²) in [6, 6.07) is 3.73. The summed E-state index contributed by atoms with van der Waals surface area (Å²) in [5, 5.41) is 11.2. The van der Waals surface area contributed by atoms with Crippen molar-refractivity contribution in [2.75, 3.05) is 5.73 Å². The Kier molecular flexibility index (Phi) is 2.88. The summed E-state index contributed by atoms with van der Waals surface area (Å²) in [6.45, 7) is 5.74. The van der Waals surface area contributed by atoms with Gasteiger partial charge in [0.05, 0.1) is 10.3 Å². The first-order valence-electron chi connectivity index (χ1n) is 5.75. The fraction of sp³-hybridized carbons (Fsp3) is 0.308. The smallest absolute Gasteiger partial charge is 0.278 e.